The third kappa shape index (κ3) is 2.27. The van der Waals surface area contributed by atoms with E-state index in [4.69, 9.17) is 19.3 Å². The Kier molecular flexibility index (Phi) is 4.12. The predicted molar refractivity (Wildman–Crippen MR) is 56.6 cm³/mol. The van der Waals surface area contributed by atoms with Crippen molar-refractivity contribution in [1.82, 2.24) is 0 Å². The van der Waals surface area contributed by atoms with Gasteiger partial charge in [-0.15, -0.1) is 0 Å². The molecule has 0 unspecified atom stereocenters. The van der Waals surface area contributed by atoms with Crippen molar-refractivity contribution in [2.24, 2.45) is 0 Å². The first-order valence-electron chi connectivity index (χ1n) is 5.77. The summed E-state index contributed by atoms with van der Waals surface area (Å²) in [5.41, 5.74) is 0. The number of hydrogen-bond donors (Lipinski definition) is 6. The zero-order chi connectivity index (χ0) is 14.4. The minimum absolute atomic E-state index is 0.995. The van der Waals surface area contributed by atoms with Crippen molar-refractivity contribution in [1.29, 1.82) is 0 Å². The molecule has 0 radical (unpaired) electrons. The lowest BCUT2D eigenvalue weighted by atomic mass is 9.86. The largest absolute Gasteiger partial charge is 0.391 e. The smallest absolute Gasteiger partial charge is 0.219 e. The molecule has 2 fully saturated rings. The first-order valence-corrected chi connectivity index (χ1v) is 5.77. The average Bonchev–Trinajstić information content (AvgIpc) is 2.41. The highest BCUT2D eigenvalue weighted by Gasteiger charge is 2.59. The molecule has 8 atom stereocenters. The van der Waals surface area contributed by atoms with Gasteiger partial charge in [0, 0.05) is 7.11 Å². The summed E-state index contributed by atoms with van der Waals surface area (Å²) in [7, 11) is 1.23. The molecule has 2 saturated heterocycles. The van der Waals surface area contributed by atoms with E-state index in [1.54, 1.807) is 0 Å². The van der Waals surface area contributed by atoms with E-state index in [1.165, 1.54) is 7.11 Å². The number of hydrogen-bond acceptors (Lipinski definition) is 9. The van der Waals surface area contributed by atoms with Crippen LogP contribution in [0.2, 0.25) is 0 Å². The van der Waals surface area contributed by atoms with Crippen LogP contribution in [-0.2, 0) is 14.2 Å². The van der Waals surface area contributed by atoms with E-state index in [2.05, 4.69) is 0 Å². The molecule has 0 aromatic heterocycles. The third-order valence-electron chi connectivity index (χ3n) is 3.50. The Balaban J connectivity index is 2.26. The van der Waals surface area contributed by atoms with Crippen LogP contribution in [-0.4, -0.2) is 93.1 Å². The van der Waals surface area contributed by atoms with Crippen molar-refractivity contribution in [3.05, 3.63) is 0 Å². The molecule has 0 aliphatic carbocycles. The van der Waals surface area contributed by atoms with E-state index in [1.807, 2.05) is 0 Å². The van der Waals surface area contributed by atoms with Gasteiger partial charge < -0.3 is 44.8 Å². The Labute approximate surface area is 108 Å². The summed E-state index contributed by atoms with van der Waals surface area (Å²) in [5.74, 6) is -2.44. The quantitative estimate of drug-likeness (QED) is 0.297. The van der Waals surface area contributed by atoms with E-state index in [0.29, 0.717) is 0 Å². The van der Waals surface area contributed by atoms with Gasteiger partial charge in [-0.3, -0.25) is 0 Å². The highest BCUT2D eigenvalue weighted by atomic mass is 16.7. The molecule has 2 rings (SSSR count). The van der Waals surface area contributed by atoms with E-state index in [9.17, 15) is 25.5 Å². The summed E-state index contributed by atoms with van der Waals surface area (Å²) < 4.78 is 15.0. The molecular formula is C10H18O9. The number of aliphatic hydroxyl groups is 6. The van der Waals surface area contributed by atoms with Gasteiger partial charge in [0.05, 0.1) is 6.61 Å². The summed E-state index contributed by atoms with van der Waals surface area (Å²) in [4.78, 5) is 0. The summed E-state index contributed by atoms with van der Waals surface area (Å²) in [6, 6.07) is 0. The number of ether oxygens (including phenoxy) is 3. The van der Waals surface area contributed by atoms with Crippen LogP contribution in [0, 0.1) is 0 Å². The van der Waals surface area contributed by atoms with Crippen LogP contribution in [0.15, 0.2) is 0 Å². The average molecular weight is 282 g/mol. The van der Waals surface area contributed by atoms with Gasteiger partial charge in [0.15, 0.2) is 6.29 Å². The molecule has 2 aliphatic heterocycles. The molecule has 9 heteroatoms. The van der Waals surface area contributed by atoms with Crippen molar-refractivity contribution >= 4 is 0 Å². The second kappa shape index (κ2) is 5.20. The normalized spacial score (nSPS) is 54.8. The van der Waals surface area contributed by atoms with Gasteiger partial charge in [-0.1, -0.05) is 0 Å². The summed E-state index contributed by atoms with van der Waals surface area (Å²) in [5, 5.41) is 58.0. The van der Waals surface area contributed by atoms with Gasteiger partial charge in [0.25, 0.3) is 0 Å². The molecule has 0 bridgehead atoms. The summed E-state index contributed by atoms with van der Waals surface area (Å²) >= 11 is 0. The second-order valence-electron chi connectivity index (χ2n) is 4.71. The van der Waals surface area contributed by atoms with Crippen molar-refractivity contribution < 1.29 is 44.8 Å². The molecule has 0 aromatic rings. The Morgan fingerprint density at radius 2 is 1.68 bits per heavy atom. The standard InChI is InChI=1S/C10H18O9/c1-17-9-4(13)3(12)7-6(18-9)5(14)8(15)10(16,2-11)19-7/h3-9,11-16H,2H2,1H3/t3-,4-,5+,6-,7-,8-,9-,10+/m1/s1. The maximum absolute atomic E-state index is 9.89. The van der Waals surface area contributed by atoms with Crippen molar-refractivity contribution in [3.63, 3.8) is 0 Å². The van der Waals surface area contributed by atoms with Gasteiger partial charge in [-0.25, -0.2) is 0 Å². The van der Waals surface area contributed by atoms with Crippen LogP contribution in [0.5, 0.6) is 0 Å². The van der Waals surface area contributed by atoms with E-state index >= 15 is 0 Å². The number of rotatable bonds is 2. The number of aliphatic hydroxyl groups excluding tert-OH is 5. The molecule has 112 valence electrons. The molecule has 2 heterocycles. The molecule has 0 amide bonds. The minimum Gasteiger partial charge on any atom is -0.391 e. The first kappa shape index (κ1) is 15.0. The van der Waals surface area contributed by atoms with Crippen LogP contribution >= 0.6 is 0 Å². The predicted octanol–water partition coefficient (Wildman–Crippen LogP) is -4.12. The van der Waals surface area contributed by atoms with Crippen LogP contribution in [0.4, 0.5) is 0 Å². The lowest BCUT2D eigenvalue weighted by Gasteiger charge is -2.51. The highest BCUT2D eigenvalue weighted by Crippen LogP contribution is 2.36. The first-order chi connectivity index (χ1) is 8.85. The fraction of sp³-hybridized carbons (Fsp3) is 1.00. The van der Waals surface area contributed by atoms with E-state index in [0.717, 1.165) is 0 Å². The molecule has 0 saturated carbocycles. The summed E-state index contributed by atoms with van der Waals surface area (Å²) in [6.07, 6.45) is -10.2. The number of fused-ring (bicyclic) bond motifs is 1. The molecule has 9 nitrogen and oxygen atoms in total. The lowest BCUT2D eigenvalue weighted by Crippen LogP contribution is -2.73. The molecule has 0 aromatic carbocycles. The summed E-state index contributed by atoms with van der Waals surface area (Å²) in [6.45, 7) is -0.995. The van der Waals surface area contributed by atoms with Crippen LogP contribution < -0.4 is 0 Å². The molecule has 2 aliphatic rings. The maximum Gasteiger partial charge on any atom is 0.219 e. The fourth-order valence-electron chi connectivity index (χ4n) is 2.35. The third-order valence-corrected chi connectivity index (χ3v) is 3.50. The van der Waals surface area contributed by atoms with Crippen LogP contribution in [0.1, 0.15) is 0 Å². The van der Waals surface area contributed by atoms with Crippen molar-refractivity contribution in [3.8, 4) is 0 Å². The zero-order valence-electron chi connectivity index (χ0n) is 10.2. The lowest BCUT2D eigenvalue weighted by molar-refractivity contribution is -0.407. The Morgan fingerprint density at radius 1 is 1.05 bits per heavy atom. The van der Waals surface area contributed by atoms with Crippen LogP contribution in [0.25, 0.3) is 0 Å². The van der Waals surface area contributed by atoms with Gasteiger partial charge >= 0.3 is 0 Å². The van der Waals surface area contributed by atoms with Crippen molar-refractivity contribution in [2.45, 2.75) is 48.7 Å². The molecule has 0 spiro atoms. The minimum atomic E-state index is -2.44. The Morgan fingerprint density at radius 3 is 2.21 bits per heavy atom. The van der Waals surface area contributed by atoms with Gasteiger partial charge in [-0.05, 0) is 0 Å². The van der Waals surface area contributed by atoms with Crippen LogP contribution in [0.3, 0.4) is 0 Å². The Hall–Kier alpha value is -0.360. The SMILES string of the molecule is CO[C@@H]1O[C@@H]2[C@H](O)[C@@H](O)[C@](O)(CO)O[C@@H]2[C@H](O)[C@H]1O. The van der Waals surface area contributed by atoms with E-state index in [-0.39, 0.29) is 0 Å². The number of methoxy groups -OCH3 is 1. The monoisotopic (exact) mass is 282 g/mol. The molecule has 6 N–H and O–H groups in total. The molecule has 19 heavy (non-hydrogen) atoms. The molecular weight excluding hydrogens is 264 g/mol. The fourth-order valence-corrected chi connectivity index (χ4v) is 2.35. The Bertz CT molecular complexity index is 326. The van der Waals surface area contributed by atoms with E-state index < -0.39 is 55.3 Å². The zero-order valence-corrected chi connectivity index (χ0v) is 10.2. The topological polar surface area (TPSA) is 149 Å². The van der Waals surface area contributed by atoms with Gasteiger partial charge in [-0.2, -0.15) is 0 Å². The van der Waals surface area contributed by atoms with Gasteiger partial charge in [0.2, 0.25) is 5.79 Å². The second-order valence-corrected chi connectivity index (χ2v) is 4.71. The van der Waals surface area contributed by atoms with Crippen molar-refractivity contribution in [2.75, 3.05) is 13.7 Å². The maximum atomic E-state index is 9.89. The van der Waals surface area contributed by atoms with Gasteiger partial charge in [0.1, 0.15) is 36.6 Å². The highest BCUT2D eigenvalue weighted by molar-refractivity contribution is 5.03.